The van der Waals surface area contributed by atoms with Gasteiger partial charge in [-0.05, 0) is 63.6 Å². The molecule has 1 aromatic carbocycles. The normalized spacial score (nSPS) is 16.9. The Balaban J connectivity index is 2.18. The molecule has 3 amide bonds. The maximum atomic E-state index is 13.5. The fourth-order valence-electron chi connectivity index (χ4n) is 4.31. The van der Waals surface area contributed by atoms with Gasteiger partial charge in [0.25, 0.3) is 0 Å². The van der Waals surface area contributed by atoms with Gasteiger partial charge < -0.3 is 43.6 Å². The molecule has 13 heteroatoms. The van der Waals surface area contributed by atoms with Crippen molar-refractivity contribution < 1.29 is 24.3 Å². The number of carbonyl (C=O) groups excluding carboxylic acids is 3. The largest absolute Gasteiger partial charge is 0.480 e. The first-order valence-electron chi connectivity index (χ1n) is 13.4. The number of carboxylic acids is 1. The molecule has 0 radical (unpaired) electrons. The number of hydrogen-bond acceptors (Lipinski definition) is 7. The monoisotopic (exact) mass is 546 g/mol. The van der Waals surface area contributed by atoms with Crippen molar-refractivity contribution in [1.82, 2.24) is 21.3 Å². The molecule has 39 heavy (non-hydrogen) atoms. The highest BCUT2D eigenvalue weighted by Crippen LogP contribution is 2.10. The van der Waals surface area contributed by atoms with Crippen molar-refractivity contribution in [3.8, 4) is 0 Å². The summed E-state index contributed by atoms with van der Waals surface area (Å²) in [5.74, 6) is -2.76. The van der Waals surface area contributed by atoms with Crippen molar-refractivity contribution in [3.05, 3.63) is 35.9 Å². The first-order chi connectivity index (χ1) is 18.7. The molecular formula is C26H42N8O5. The maximum absolute atomic E-state index is 13.5. The van der Waals surface area contributed by atoms with Gasteiger partial charge in [-0.2, -0.15) is 0 Å². The van der Waals surface area contributed by atoms with Crippen LogP contribution in [0.1, 0.15) is 50.5 Å². The topological polar surface area (TPSA) is 227 Å². The summed E-state index contributed by atoms with van der Waals surface area (Å²) in [5.41, 5.74) is 17.1. The van der Waals surface area contributed by atoms with E-state index in [2.05, 4.69) is 26.3 Å². The number of guanidine groups is 1. The third-order valence-corrected chi connectivity index (χ3v) is 6.43. The summed E-state index contributed by atoms with van der Waals surface area (Å²) in [4.78, 5) is 55.1. The van der Waals surface area contributed by atoms with E-state index in [0.29, 0.717) is 32.2 Å². The lowest BCUT2D eigenvalue weighted by atomic mass is 10.0. The molecular weight excluding hydrogens is 504 g/mol. The van der Waals surface area contributed by atoms with Crippen LogP contribution in [-0.4, -0.2) is 78.6 Å². The van der Waals surface area contributed by atoms with E-state index in [1.165, 1.54) is 0 Å². The molecule has 2 rings (SSSR count). The van der Waals surface area contributed by atoms with Crippen LogP contribution in [0.3, 0.4) is 0 Å². The highest BCUT2D eigenvalue weighted by Gasteiger charge is 2.31. The zero-order chi connectivity index (χ0) is 28.6. The third kappa shape index (κ3) is 11.7. The van der Waals surface area contributed by atoms with Gasteiger partial charge in [0.1, 0.15) is 18.1 Å². The van der Waals surface area contributed by atoms with Gasteiger partial charge in [0.05, 0.1) is 6.04 Å². The van der Waals surface area contributed by atoms with Gasteiger partial charge in [0.2, 0.25) is 17.7 Å². The smallest absolute Gasteiger partial charge is 0.326 e. The second-order valence-corrected chi connectivity index (χ2v) is 9.59. The number of aliphatic carboxylic acids is 1. The molecule has 4 unspecified atom stereocenters. The van der Waals surface area contributed by atoms with Gasteiger partial charge in [-0.25, -0.2) is 4.79 Å². The lowest BCUT2D eigenvalue weighted by molar-refractivity contribution is -0.142. The molecule has 0 saturated carbocycles. The van der Waals surface area contributed by atoms with Gasteiger partial charge in [0.15, 0.2) is 5.96 Å². The second kappa shape index (κ2) is 17.0. The van der Waals surface area contributed by atoms with Gasteiger partial charge in [-0.1, -0.05) is 30.3 Å². The van der Waals surface area contributed by atoms with Crippen LogP contribution in [0, 0.1) is 0 Å². The van der Waals surface area contributed by atoms with Crippen LogP contribution in [-0.2, 0) is 25.6 Å². The SMILES string of the molecule is NCCCCC(NC(=O)C(CCCN=C(N)N)NC(=O)C(Cc1ccccc1)NC(=O)C1CCCN1)C(=O)O. The number of carboxylic acid groups (broad SMARTS) is 1. The average molecular weight is 547 g/mol. The fourth-order valence-corrected chi connectivity index (χ4v) is 4.31. The van der Waals surface area contributed by atoms with Gasteiger partial charge >= 0.3 is 5.97 Å². The van der Waals surface area contributed by atoms with Crippen LogP contribution in [0.25, 0.3) is 0 Å². The Hall–Kier alpha value is -3.71. The van der Waals surface area contributed by atoms with Crippen LogP contribution in [0.5, 0.6) is 0 Å². The molecule has 1 fully saturated rings. The molecule has 1 aliphatic heterocycles. The summed E-state index contributed by atoms with van der Waals surface area (Å²) in [6.45, 7) is 1.36. The molecule has 1 saturated heterocycles. The van der Waals surface area contributed by atoms with E-state index in [9.17, 15) is 24.3 Å². The average Bonchev–Trinajstić information content (AvgIpc) is 3.45. The predicted molar refractivity (Wildman–Crippen MR) is 147 cm³/mol. The van der Waals surface area contributed by atoms with E-state index in [1.54, 1.807) is 0 Å². The van der Waals surface area contributed by atoms with E-state index >= 15 is 0 Å². The van der Waals surface area contributed by atoms with E-state index in [4.69, 9.17) is 17.2 Å². The molecule has 0 bridgehead atoms. The van der Waals surface area contributed by atoms with Crippen molar-refractivity contribution in [2.24, 2.45) is 22.2 Å². The lowest BCUT2D eigenvalue weighted by Crippen LogP contribution is -2.57. The molecule has 1 aromatic rings. The molecule has 4 atom stereocenters. The summed E-state index contributed by atoms with van der Waals surface area (Å²) in [7, 11) is 0. The Labute approximate surface area is 228 Å². The van der Waals surface area contributed by atoms with Crippen molar-refractivity contribution in [2.75, 3.05) is 19.6 Å². The van der Waals surface area contributed by atoms with E-state index in [0.717, 1.165) is 18.5 Å². The van der Waals surface area contributed by atoms with Gasteiger partial charge in [-0.15, -0.1) is 0 Å². The number of benzene rings is 1. The summed E-state index contributed by atoms with van der Waals surface area (Å²) in [6, 6.07) is 5.68. The Morgan fingerprint density at radius 2 is 1.62 bits per heavy atom. The minimum absolute atomic E-state index is 0.1000. The zero-order valence-corrected chi connectivity index (χ0v) is 22.2. The quantitative estimate of drug-likeness (QED) is 0.0659. The standard InChI is InChI=1S/C26H42N8O5/c27-13-5-4-10-20(25(38)39)33-23(36)19(12-7-15-31-26(28)29)32-24(37)21(16-17-8-2-1-3-9-17)34-22(35)18-11-6-14-30-18/h1-3,8-9,18-21,30H,4-7,10-16,27H2,(H,32,37)(H,33,36)(H,34,35)(H,38,39)(H4,28,29,31). The Morgan fingerprint density at radius 3 is 2.23 bits per heavy atom. The number of unbranched alkanes of at least 4 members (excludes halogenated alkanes) is 1. The summed E-state index contributed by atoms with van der Waals surface area (Å²) in [5, 5.41) is 20.8. The highest BCUT2D eigenvalue weighted by atomic mass is 16.4. The molecule has 13 nitrogen and oxygen atoms in total. The minimum atomic E-state index is -1.18. The number of amides is 3. The van der Waals surface area contributed by atoms with Gasteiger partial charge in [-0.3, -0.25) is 19.4 Å². The first kappa shape index (κ1) is 31.5. The summed E-state index contributed by atoms with van der Waals surface area (Å²) < 4.78 is 0. The minimum Gasteiger partial charge on any atom is -0.480 e. The Kier molecular flexibility index (Phi) is 13.7. The van der Waals surface area contributed by atoms with Crippen molar-refractivity contribution >= 4 is 29.7 Å². The molecule has 1 aliphatic rings. The molecule has 216 valence electrons. The lowest BCUT2D eigenvalue weighted by Gasteiger charge is -2.25. The first-order valence-corrected chi connectivity index (χ1v) is 13.4. The maximum Gasteiger partial charge on any atom is 0.326 e. The van der Waals surface area contributed by atoms with E-state index < -0.39 is 35.9 Å². The summed E-state index contributed by atoms with van der Waals surface area (Å²) >= 11 is 0. The third-order valence-electron chi connectivity index (χ3n) is 6.43. The van der Waals surface area contributed by atoms with E-state index in [1.807, 2.05) is 30.3 Å². The number of carbonyl (C=O) groups is 4. The van der Waals surface area contributed by atoms with Crippen LogP contribution >= 0.6 is 0 Å². The second-order valence-electron chi connectivity index (χ2n) is 9.59. The summed E-state index contributed by atoms with van der Waals surface area (Å²) in [6.07, 6.45) is 3.59. The number of nitrogens with one attached hydrogen (secondary N) is 4. The Bertz CT molecular complexity index is 964. The number of rotatable bonds is 17. The van der Waals surface area contributed by atoms with Crippen LogP contribution in [0.15, 0.2) is 35.3 Å². The molecule has 11 N–H and O–H groups in total. The number of nitrogens with two attached hydrogens (primary N) is 3. The van der Waals surface area contributed by atoms with Crippen molar-refractivity contribution in [1.29, 1.82) is 0 Å². The Morgan fingerprint density at radius 1 is 0.949 bits per heavy atom. The number of aliphatic imine (C=N–C) groups is 1. The predicted octanol–water partition coefficient (Wildman–Crippen LogP) is -1.30. The van der Waals surface area contributed by atoms with Crippen LogP contribution in [0.4, 0.5) is 0 Å². The number of nitrogens with zero attached hydrogens (tertiary/aromatic N) is 1. The zero-order valence-electron chi connectivity index (χ0n) is 22.2. The van der Waals surface area contributed by atoms with Crippen molar-refractivity contribution in [3.63, 3.8) is 0 Å². The molecule has 1 heterocycles. The molecule has 0 aliphatic carbocycles. The highest BCUT2D eigenvalue weighted by molar-refractivity contribution is 5.94. The van der Waals surface area contributed by atoms with Crippen LogP contribution in [0.2, 0.25) is 0 Å². The number of hydrogen-bond donors (Lipinski definition) is 8. The van der Waals surface area contributed by atoms with Crippen LogP contribution < -0.4 is 38.5 Å². The molecule has 0 aromatic heterocycles. The fraction of sp³-hybridized carbons (Fsp3) is 0.577. The van der Waals surface area contributed by atoms with E-state index in [-0.39, 0.29) is 43.7 Å². The van der Waals surface area contributed by atoms with Gasteiger partial charge in [0, 0.05) is 13.0 Å². The molecule has 0 spiro atoms. The van der Waals surface area contributed by atoms with Crippen molar-refractivity contribution in [2.45, 2.75) is 75.5 Å².